The number of carbonyl (C=O) groups excluding carboxylic acids is 1. The van der Waals surface area contributed by atoms with Crippen molar-refractivity contribution in [1.82, 2.24) is 25.4 Å². The van der Waals surface area contributed by atoms with Gasteiger partial charge in [0.1, 0.15) is 12.7 Å². The number of hydrogen-bond donors (Lipinski definition) is 2. The van der Waals surface area contributed by atoms with Crippen LogP contribution in [0.2, 0.25) is 0 Å². The highest BCUT2D eigenvalue weighted by molar-refractivity contribution is 5.76. The van der Waals surface area contributed by atoms with Gasteiger partial charge in [0.15, 0.2) is 0 Å². The lowest BCUT2D eigenvalue weighted by molar-refractivity contribution is -0.122. The molecule has 1 aliphatic rings. The van der Waals surface area contributed by atoms with Crippen molar-refractivity contribution in [2.75, 3.05) is 13.1 Å². The van der Waals surface area contributed by atoms with Crippen LogP contribution in [0.15, 0.2) is 36.9 Å². The highest BCUT2D eigenvalue weighted by atomic mass is 16.1. The van der Waals surface area contributed by atoms with Gasteiger partial charge in [0.25, 0.3) is 0 Å². The second kappa shape index (κ2) is 8.76. The van der Waals surface area contributed by atoms with Crippen molar-refractivity contribution in [3.05, 3.63) is 48.0 Å². The molecule has 1 unspecified atom stereocenters. The van der Waals surface area contributed by atoms with Gasteiger partial charge in [-0.2, -0.15) is 5.10 Å². The molecule has 1 fully saturated rings. The van der Waals surface area contributed by atoms with Crippen molar-refractivity contribution in [1.29, 1.82) is 0 Å². The van der Waals surface area contributed by atoms with Gasteiger partial charge < -0.3 is 10.6 Å². The summed E-state index contributed by atoms with van der Waals surface area (Å²) < 4.78 is 1.79. The summed E-state index contributed by atoms with van der Waals surface area (Å²) in [5, 5.41) is 10.6. The predicted molar refractivity (Wildman–Crippen MR) is 96.8 cm³/mol. The van der Waals surface area contributed by atoms with Crippen LogP contribution < -0.4 is 10.6 Å². The summed E-state index contributed by atoms with van der Waals surface area (Å²) in [6.45, 7) is 5.58. The Bertz CT molecular complexity index is 664. The molecule has 0 bridgehead atoms. The number of amides is 1. The number of benzene rings is 1. The number of carbonyl (C=O) groups is 1. The molecule has 2 heterocycles. The average molecular weight is 341 g/mol. The second-order valence-corrected chi connectivity index (χ2v) is 6.91. The molecule has 1 aromatic carbocycles. The van der Waals surface area contributed by atoms with E-state index in [1.807, 2.05) is 12.1 Å². The second-order valence-electron chi connectivity index (χ2n) is 6.91. The zero-order valence-electron chi connectivity index (χ0n) is 14.8. The Labute approximate surface area is 149 Å². The zero-order valence-corrected chi connectivity index (χ0v) is 14.8. The van der Waals surface area contributed by atoms with Crippen molar-refractivity contribution in [3.8, 4) is 0 Å². The fourth-order valence-corrected chi connectivity index (χ4v) is 3.51. The monoisotopic (exact) mass is 341 g/mol. The molecule has 1 aromatic heterocycles. The van der Waals surface area contributed by atoms with Gasteiger partial charge in [0.05, 0.1) is 6.54 Å². The lowest BCUT2D eigenvalue weighted by Gasteiger charge is -2.27. The van der Waals surface area contributed by atoms with Gasteiger partial charge in [-0.15, -0.1) is 0 Å². The summed E-state index contributed by atoms with van der Waals surface area (Å²) in [6, 6.07) is 8.14. The maximum absolute atomic E-state index is 12.3. The largest absolute Gasteiger partial charge is 0.352 e. The molecule has 1 saturated heterocycles. The minimum Gasteiger partial charge on any atom is -0.352 e. The molecule has 0 saturated carbocycles. The molecule has 1 amide bonds. The zero-order chi connectivity index (χ0) is 17.5. The Morgan fingerprint density at radius 2 is 2.08 bits per heavy atom. The third kappa shape index (κ3) is 5.13. The molecule has 2 aromatic rings. The fraction of sp³-hybridized carbons (Fsp3) is 0.526. The van der Waals surface area contributed by atoms with Gasteiger partial charge in [0.2, 0.25) is 5.91 Å². The van der Waals surface area contributed by atoms with Gasteiger partial charge in [0, 0.05) is 13.0 Å². The van der Waals surface area contributed by atoms with E-state index in [1.54, 1.807) is 11.0 Å². The van der Waals surface area contributed by atoms with Crippen LogP contribution in [0.3, 0.4) is 0 Å². The van der Waals surface area contributed by atoms with Crippen LogP contribution in [-0.4, -0.2) is 33.8 Å². The number of hydrogen-bond acceptors (Lipinski definition) is 4. The number of nitrogens with one attached hydrogen (secondary N) is 2. The van der Waals surface area contributed by atoms with Crippen LogP contribution in [-0.2, 0) is 17.9 Å². The van der Waals surface area contributed by atoms with Crippen molar-refractivity contribution in [2.45, 2.75) is 39.3 Å². The Morgan fingerprint density at radius 1 is 1.32 bits per heavy atom. The van der Waals surface area contributed by atoms with E-state index in [-0.39, 0.29) is 5.91 Å². The van der Waals surface area contributed by atoms with E-state index in [9.17, 15) is 4.79 Å². The van der Waals surface area contributed by atoms with Crippen LogP contribution in [0, 0.1) is 11.8 Å². The number of nitrogens with zero attached hydrogens (tertiary/aromatic N) is 3. The molecule has 3 rings (SSSR count). The van der Waals surface area contributed by atoms with Crippen molar-refractivity contribution < 1.29 is 4.79 Å². The highest BCUT2D eigenvalue weighted by Crippen LogP contribution is 2.24. The summed E-state index contributed by atoms with van der Waals surface area (Å²) in [5.74, 6) is 1.24. The molecule has 2 N–H and O–H groups in total. The summed E-state index contributed by atoms with van der Waals surface area (Å²) >= 11 is 0. The molecular weight excluding hydrogens is 314 g/mol. The average Bonchev–Trinajstić information content (AvgIpc) is 3.15. The quantitative estimate of drug-likeness (QED) is 0.808. The van der Waals surface area contributed by atoms with Crippen molar-refractivity contribution >= 4 is 5.91 Å². The molecule has 25 heavy (non-hydrogen) atoms. The third-order valence-electron chi connectivity index (χ3n) is 5.09. The maximum Gasteiger partial charge on any atom is 0.220 e. The summed E-state index contributed by atoms with van der Waals surface area (Å²) in [7, 11) is 0. The Kier molecular flexibility index (Phi) is 6.17. The molecule has 1 aliphatic heterocycles. The molecule has 6 heteroatoms. The smallest absolute Gasteiger partial charge is 0.220 e. The highest BCUT2D eigenvalue weighted by Gasteiger charge is 2.21. The van der Waals surface area contributed by atoms with Crippen LogP contribution in [0.5, 0.6) is 0 Å². The first kappa shape index (κ1) is 17.6. The minimum atomic E-state index is 0.140. The van der Waals surface area contributed by atoms with E-state index >= 15 is 0 Å². The molecular formula is C19H27N5O. The SMILES string of the molecule is CC(CC(=O)NCc1ccccc1Cn1cncn1)C1CCNCC1. The molecule has 0 aliphatic carbocycles. The van der Waals surface area contributed by atoms with Crippen molar-refractivity contribution in [2.24, 2.45) is 11.8 Å². The topological polar surface area (TPSA) is 71.8 Å². The molecule has 0 spiro atoms. The van der Waals surface area contributed by atoms with E-state index in [0.29, 0.717) is 31.3 Å². The number of rotatable bonds is 7. The molecule has 134 valence electrons. The summed E-state index contributed by atoms with van der Waals surface area (Å²) in [5.41, 5.74) is 2.28. The summed E-state index contributed by atoms with van der Waals surface area (Å²) in [4.78, 5) is 16.3. The normalized spacial score (nSPS) is 16.5. The van der Waals surface area contributed by atoms with Gasteiger partial charge in [-0.3, -0.25) is 4.79 Å². The van der Waals surface area contributed by atoms with E-state index in [1.165, 1.54) is 19.2 Å². The van der Waals surface area contributed by atoms with Crippen molar-refractivity contribution in [3.63, 3.8) is 0 Å². The van der Waals surface area contributed by atoms with Gasteiger partial charge >= 0.3 is 0 Å². The van der Waals surface area contributed by atoms with Gasteiger partial charge in [-0.05, 0) is 48.9 Å². The molecule has 1 atom stereocenters. The first-order chi connectivity index (χ1) is 12.2. The molecule has 6 nitrogen and oxygen atoms in total. The van der Waals surface area contributed by atoms with E-state index in [4.69, 9.17) is 0 Å². The maximum atomic E-state index is 12.3. The third-order valence-corrected chi connectivity index (χ3v) is 5.09. The standard InChI is InChI=1S/C19H27N5O/c1-15(16-6-8-20-9-7-16)10-19(25)22-11-17-4-2-3-5-18(17)12-24-14-21-13-23-24/h2-5,13-16,20H,6-12H2,1H3,(H,22,25). The van der Waals surface area contributed by atoms with E-state index < -0.39 is 0 Å². The first-order valence-corrected chi connectivity index (χ1v) is 9.09. The van der Waals surface area contributed by atoms with E-state index in [2.05, 4.69) is 39.8 Å². The Hall–Kier alpha value is -2.21. The lowest BCUT2D eigenvalue weighted by Crippen LogP contribution is -2.33. The Morgan fingerprint density at radius 3 is 2.80 bits per heavy atom. The van der Waals surface area contributed by atoms with Crippen LogP contribution >= 0.6 is 0 Å². The minimum absolute atomic E-state index is 0.140. The lowest BCUT2D eigenvalue weighted by atomic mass is 9.84. The Balaban J connectivity index is 1.51. The van der Waals surface area contributed by atoms with E-state index in [0.717, 1.165) is 24.2 Å². The van der Waals surface area contributed by atoms with Crippen LogP contribution in [0.1, 0.15) is 37.3 Å². The fourth-order valence-electron chi connectivity index (χ4n) is 3.51. The predicted octanol–water partition coefficient (Wildman–Crippen LogP) is 1.97. The first-order valence-electron chi connectivity index (χ1n) is 9.09. The molecule has 0 radical (unpaired) electrons. The van der Waals surface area contributed by atoms with Gasteiger partial charge in [-0.1, -0.05) is 31.2 Å². The van der Waals surface area contributed by atoms with Crippen LogP contribution in [0.4, 0.5) is 0 Å². The van der Waals surface area contributed by atoms with Gasteiger partial charge in [-0.25, -0.2) is 9.67 Å². The summed E-state index contributed by atoms with van der Waals surface area (Å²) in [6.07, 6.45) is 6.20. The number of aromatic nitrogens is 3. The van der Waals surface area contributed by atoms with Crippen LogP contribution in [0.25, 0.3) is 0 Å². The number of piperidine rings is 1.